The molecule has 0 bridgehead atoms. The molecule has 1 aliphatic rings. The largest absolute Gasteiger partial charge is 0.486 e. The summed E-state index contributed by atoms with van der Waals surface area (Å²) in [5.74, 6) is 1.55. The second-order valence-electron chi connectivity index (χ2n) is 4.88. The van der Waals surface area contributed by atoms with Gasteiger partial charge in [-0.1, -0.05) is 13.8 Å². The number of aliphatic hydroxyl groups is 1. The third-order valence-electron chi connectivity index (χ3n) is 3.45. The maximum Gasteiger partial charge on any atom is 0.163 e. The second kappa shape index (κ2) is 7.36. The first-order chi connectivity index (χ1) is 9.72. The molecule has 1 aliphatic heterocycles. The number of aliphatic hydroxyl groups excluding tert-OH is 1. The Balaban J connectivity index is 1.84. The topological polar surface area (TPSA) is 54.0 Å². The zero-order valence-electron chi connectivity index (χ0n) is 12.3. The molecule has 0 saturated carbocycles. The van der Waals surface area contributed by atoms with Crippen LogP contribution in [0.1, 0.15) is 13.8 Å². The number of hydrogen-bond donors (Lipinski definition) is 2. The zero-order chi connectivity index (χ0) is 14.4. The SMILES string of the molecule is CCN(CC)CC(O)CNc1ccc2c(c1)OCCO2. The van der Waals surface area contributed by atoms with Crippen LogP contribution in [0.25, 0.3) is 0 Å². The summed E-state index contributed by atoms with van der Waals surface area (Å²) in [7, 11) is 0. The van der Waals surface area contributed by atoms with Crippen LogP contribution in [0, 0.1) is 0 Å². The minimum absolute atomic E-state index is 0.386. The number of fused-ring (bicyclic) bond motifs is 1. The molecule has 1 atom stereocenters. The van der Waals surface area contributed by atoms with Gasteiger partial charge in [-0.05, 0) is 25.2 Å². The molecule has 20 heavy (non-hydrogen) atoms. The van der Waals surface area contributed by atoms with E-state index in [1.807, 2.05) is 18.2 Å². The van der Waals surface area contributed by atoms with Gasteiger partial charge in [0, 0.05) is 24.8 Å². The van der Waals surface area contributed by atoms with Crippen molar-refractivity contribution < 1.29 is 14.6 Å². The Bertz CT molecular complexity index is 422. The number of likely N-dealkylation sites (N-methyl/N-ethyl adjacent to an activating group) is 1. The van der Waals surface area contributed by atoms with Crippen LogP contribution < -0.4 is 14.8 Å². The quantitative estimate of drug-likeness (QED) is 0.794. The van der Waals surface area contributed by atoms with Crippen molar-refractivity contribution in [3.8, 4) is 11.5 Å². The number of hydrogen-bond acceptors (Lipinski definition) is 5. The third-order valence-corrected chi connectivity index (χ3v) is 3.45. The number of nitrogens with zero attached hydrogens (tertiary/aromatic N) is 1. The van der Waals surface area contributed by atoms with E-state index in [1.54, 1.807) is 0 Å². The van der Waals surface area contributed by atoms with Crippen LogP contribution in [-0.4, -0.2) is 55.5 Å². The van der Waals surface area contributed by atoms with E-state index >= 15 is 0 Å². The van der Waals surface area contributed by atoms with E-state index in [0.29, 0.717) is 26.3 Å². The molecular weight excluding hydrogens is 256 g/mol. The molecule has 0 radical (unpaired) electrons. The molecule has 0 spiro atoms. The summed E-state index contributed by atoms with van der Waals surface area (Å²) in [6, 6.07) is 5.75. The van der Waals surface area contributed by atoms with Gasteiger partial charge in [0.25, 0.3) is 0 Å². The fraction of sp³-hybridized carbons (Fsp3) is 0.600. The highest BCUT2D eigenvalue weighted by molar-refractivity contribution is 5.55. The van der Waals surface area contributed by atoms with Crippen molar-refractivity contribution in [2.24, 2.45) is 0 Å². The van der Waals surface area contributed by atoms with E-state index in [4.69, 9.17) is 9.47 Å². The average molecular weight is 280 g/mol. The molecule has 0 aliphatic carbocycles. The number of nitrogens with one attached hydrogen (secondary N) is 1. The zero-order valence-corrected chi connectivity index (χ0v) is 12.3. The van der Waals surface area contributed by atoms with Crippen LogP contribution >= 0.6 is 0 Å². The van der Waals surface area contributed by atoms with E-state index in [0.717, 1.165) is 30.3 Å². The van der Waals surface area contributed by atoms with E-state index in [1.165, 1.54) is 0 Å². The maximum absolute atomic E-state index is 10.0. The Labute approximate surface area is 120 Å². The lowest BCUT2D eigenvalue weighted by molar-refractivity contribution is 0.128. The molecule has 2 rings (SSSR count). The van der Waals surface area contributed by atoms with E-state index in [9.17, 15) is 5.11 Å². The van der Waals surface area contributed by atoms with Gasteiger partial charge in [-0.25, -0.2) is 0 Å². The number of rotatable bonds is 7. The Morgan fingerprint density at radius 1 is 1.20 bits per heavy atom. The predicted octanol–water partition coefficient (Wildman–Crippen LogP) is 1.57. The van der Waals surface area contributed by atoms with Crippen molar-refractivity contribution in [1.82, 2.24) is 4.90 Å². The summed E-state index contributed by atoms with van der Waals surface area (Å²) in [5.41, 5.74) is 0.938. The maximum atomic E-state index is 10.0. The van der Waals surface area contributed by atoms with Gasteiger partial charge in [0.05, 0.1) is 6.10 Å². The Kier molecular flexibility index (Phi) is 5.49. The van der Waals surface area contributed by atoms with Crippen LogP contribution in [0.5, 0.6) is 11.5 Å². The van der Waals surface area contributed by atoms with Crippen molar-refractivity contribution in [3.05, 3.63) is 18.2 Å². The van der Waals surface area contributed by atoms with Gasteiger partial charge < -0.3 is 24.8 Å². The molecular formula is C15H24N2O3. The molecule has 2 N–H and O–H groups in total. The lowest BCUT2D eigenvalue weighted by Gasteiger charge is -2.23. The first-order valence-electron chi connectivity index (χ1n) is 7.26. The van der Waals surface area contributed by atoms with Crippen LogP contribution in [-0.2, 0) is 0 Å². The first-order valence-corrected chi connectivity index (χ1v) is 7.26. The van der Waals surface area contributed by atoms with E-state index in [2.05, 4.69) is 24.1 Å². The Hall–Kier alpha value is -1.46. The molecule has 5 nitrogen and oxygen atoms in total. The molecule has 1 aromatic carbocycles. The first kappa shape index (κ1) is 14.9. The van der Waals surface area contributed by atoms with Gasteiger partial charge in [-0.3, -0.25) is 0 Å². The van der Waals surface area contributed by atoms with Gasteiger partial charge in [0.1, 0.15) is 13.2 Å². The summed E-state index contributed by atoms with van der Waals surface area (Å²) in [6.07, 6.45) is -0.386. The molecule has 1 unspecified atom stereocenters. The van der Waals surface area contributed by atoms with Gasteiger partial charge in [-0.2, -0.15) is 0 Å². The fourth-order valence-corrected chi connectivity index (χ4v) is 2.23. The molecule has 0 fully saturated rings. The Morgan fingerprint density at radius 3 is 2.60 bits per heavy atom. The highest BCUT2D eigenvalue weighted by Gasteiger charge is 2.13. The van der Waals surface area contributed by atoms with Gasteiger partial charge in [-0.15, -0.1) is 0 Å². The van der Waals surface area contributed by atoms with Crippen LogP contribution in [0.2, 0.25) is 0 Å². The summed E-state index contributed by atoms with van der Waals surface area (Å²) < 4.78 is 11.0. The molecule has 1 aromatic rings. The fourth-order valence-electron chi connectivity index (χ4n) is 2.23. The highest BCUT2D eigenvalue weighted by Crippen LogP contribution is 2.32. The lowest BCUT2D eigenvalue weighted by atomic mass is 10.2. The average Bonchev–Trinajstić information content (AvgIpc) is 2.50. The highest BCUT2D eigenvalue weighted by atomic mass is 16.6. The normalized spacial score (nSPS) is 15.2. The van der Waals surface area contributed by atoms with Crippen LogP contribution in [0.15, 0.2) is 18.2 Å². The summed E-state index contributed by atoms with van der Waals surface area (Å²) in [5, 5.41) is 13.3. The predicted molar refractivity (Wildman–Crippen MR) is 79.7 cm³/mol. The smallest absolute Gasteiger partial charge is 0.163 e. The molecule has 112 valence electrons. The summed E-state index contributed by atoms with van der Waals surface area (Å²) in [6.45, 7) is 8.51. The van der Waals surface area contributed by atoms with Gasteiger partial charge >= 0.3 is 0 Å². The number of benzene rings is 1. The third kappa shape index (κ3) is 4.02. The van der Waals surface area contributed by atoms with Gasteiger partial charge in [0.2, 0.25) is 0 Å². The van der Waals surface area contributed by atoms with Crippen molar-refractivity contribution in [1.29, 1.82) is 0 Å². The Morgan fingerprint density at radius 2 is 1.90 bits per heavy atom. The monoisotopic (exact) mass is 280 g/mol. The molecule has 0 saturated heterocycles. The van der Waals surface area contributed by atoms with Crippen molar-refractivity contribution in [2.75, 3.05) is 44.7 Å². The molecule has 0 amide bonds. The van der Waals surface area contributed by atoms with E-state index < -0.39 is 0 Å². The molecule has 0 aromatic heterocycles. The molecule has 1 heterocycles. The van der Waals surface area contributed by atoms with Gasteiger partial charge in [0.15, 0.2) is 11.5 Å². The number of anilines is 1. The second-order valence-corrected chi connectivity index (χ2v) is 4.88. The van der Waals surface area contributed by atoms with Crippen LogP contribution in [0.4, 0.5) is 5.69 Å². The minimum Gasteiger partial charge on any atom is -0.486 e. The van der Waals surface area contributed by atoms with E-state index in [-0.39, 0.29) is 6.10 Å². The minimum atomic E-state index is -0.386. The van der Waals surface area contributed by atoms with Crippen LogP contribution in [0.3, 0.4) is 0 Å². The van der Waals surface area contributed by atoms with Crippen molar-refractivity contribution in [3.63, 3.8) is 0 Å². The standard InChI is InChI=1S/C15H24N2O3/c1-3-17(4-2)11-13(18)10-16-12-5-6-14-15(9-12)20-8-7-19-14/h5-6,9,13,16,18H,3-4,7-8,10-11H2,1-2H3. The molecule has 5 heteroatoms. The van der Waals surface area contributed by atoms with Crippen molar-refractivity contribution in [2.45, 2.75) is 20.0 Å². The summed E-state index contributed by atoms with van der Waals surface area (Å²) in [4.78, 5) is 2.20. The lowest BCUT2D eigenvalue weighted by Crippen LogP contribution is -2.35. The summed E-state index contributed by atoms with van der Waals surface area (Å²) >= 11 is 0. The van der Waals surface area contributed by atoms with Crippen molar-refractivity contribution >= 4 is 5.69 Å². The number of ether oxygens (including phenoxy) is 2.